The molecular formula is C14H13O. The van der Waals surface area contributed by atoms with Crippen molar-refractivity contribution in [1.82, 2.24) is 0 Å². The number of hydrogen-bond acceptors (Lipinski definition) is 1. The lowest BCUT2D eigenvalue weighted by Gasteiger charge is -2.05. The lowest BCUT2D eigenvalue weighted by atomic mass is 10.1. The summed E-state index contributed by atoms with van der Waals surface area (Å²) in [7, 11) is 0. The molecule has 15 heavy (non-hydrogen) atoms. The molecule has 2 aromatic carbocycles. The molecule has 0 aliphatic heterocycles. The van der Waals surface area contributed by atoms with Crippen LogP contribution in [0.5, 0.6) is 5.75 Å². The van der Waals surface area contributed by atoms with Crippen LogP contribution in [-0.4, -0.2) is 6.61 Å². The van der Waals surface area contributed by atoms with Crippen LogP contribution in [-0.2, 0) is 0 Å². The number of rotatable bonds is 3. The molecule has 0 heterocycles. The van der Waals surface area contributed by atoms with Crippen molar-refractivity contribution in [3.8, 4) is 16.9 Å². The Labute approximate surface area is 90.3 Å². The summed E-state index contributed by atoms with van der Waals surface area (Å²) in [6.07, 6.45) is 0. The van der Waals surface area contributed by atoms with Crippen LogP contribution in [0.15, 0.2) is 48.5 Å². The van der Waals surface area contributed by atoms with Crippen molar-refractivity contribution >= 4 is 0 Å². The van der Waals surface area contributed by atoms with Crippen molar-refractivity contribution in [2.24, 2.45) is 0 Å². The third-order valence-corrected chi connectivity index (χ3v) is 2.18. The van der Waals surface area contributed by atoms with Gasteiger partial charge in [-0.05, 0) is 42.3 Å². The Balaban J connectivity index is 2.33. The van der Waals surface area contributed by atoms with Crippen molar-refractivity contribution in [3.05, 3.63) is 54.6 Å². The summed E-state index contributed by atoms with van der Waals surface area (Å²) < 4.78 is 5.44. The van der Waals surface area contributed by atoms with E-state index in [4.69, 9.17) is 4.74 Å². The molecule has 0 saturated carbocycles. The second-order valence-electron chi connectivity index (χ2n) is 3.26. The van der Waals surface area contributed by atoms with Gasteiger partial charge in [-0.25, -0.2) is 0 Å². The van der Waals surface area contributed by atoms with Gasteiger partial charge in [0.05, 0.1) is 6.61 Å². The zero-order valence-electron chi connectivity index (χ0n) is 8.73. The fraction of sp³-hybridized carbons (Fsp3) is 0.143. The van der Waals surface area contributed by atoms with E-state index in [0.717, 1.165) is 11.3 Å². The van der Waals surface area contributed by atoms with Crippen molar-refractivity contribution in [2.75, 3.05) is 6.61 Å². The fourth-order valence-corrected chi connectivity index (χ4v) is 1.50. The maximum absolute atomic E-state index is 5.44. The van der Waals surface area contributed by atoms with Gasteiger partial charge in [0.2, 0.25) is 0 Å². The zero-order valence-corrected chi connectivity index (χ0v) is 8.73. The first-order valence-corrected chi connectivity index (χ1v) is 5.09. The van der Waals surface area contributed by atoms with E-state index >= 15 is 0 Å². The van der Waals surface area contributed by atoms with E-state index in [-0.39, 0.29) is 0 Å². The first-order valence-electron chi connectivity index (χ1n) is 5.09. The summed E-state index contributed by atoms with van der Waals surface area (Å²) in [5.41, 5.74) is 2.33. The summed E-state index contributed by atoms with van der Waals surface area (Å²) in [5.74, 6) is 0.874. The molecular weight excluding hydrogens is 184 g/mol. The van der Waals surface area contributed by atoms with E-state index in [9.17, 15) is 0 Å². The number of hydrogen-bond donors (Lipinski definition) is 0. The van der Waals surface area contributed by atoms with Crippen molar-refractivity contribution in [1.29, 1.82) is 0 Å². The van der Waals surface area contributed by atoms with Gasteiger partial charge >= 0.3 is 0 Å². The minimum atomic E-state index is 0.687. The highest BCUT2D eigenvalue weighted by Crippen LogP contribution is 2.22. The van der Waals surface area contributed by atoms with Gasteiger partial charge in [-0.15, -0.1) is 0 Å². The van der Waals surface area contributed by atoms with E-state index in [2.05, 4.69) is 18.2 Å². The molecule has 0 bridgehead atoms. The van der Waals surface area contributed by atoms with E-state index < -0.39 is 0 Å². The average Bonchev–Trinajstić information content (AvgIpc) is 2.31. The van der Waals surface area contributed by atoms with Crippen LogP contribution >= 0.6 is 0 Å². The zero-order chi connectivity index (χ0) is 10.5. The van der Waals surface area contributed by atoms with Gasteiger partial charge in [0.15, 0.2) is 0 Å². The van der Waals surface area contributed by atoms with E-state index in [0.29, 0.717) is 6.61 Å². The number of ether oxygens (including phenoxy) is 1. The van der Waals surface area contributed by atoms with Crippen LogP contribution in [0, 0.1) is 6.07 Å². The molecule has 0 amide bonds. The standard InChI is InChI=1S/C14H13O/c1-2-15-14-10-6-9-13(11-14)12-7-4-3-5-8-12/h3-5,7-11H,2H2,1H3. The summed E-state index contributed by atoms with van der Waals surface area (Å²) in [5, 5.41) is 0. The Morgan fingerprint density at radius 2 is 1.87 bits per heavy atom. The van der Waals surface area contributed by atoms with Gasteiger partial charge in [-0.1, -0.05) is 30.3 Å². The summed E-state index contributed by atoms with van der Waals surface area (Å²) in [4.78, 5) is 0. The predicted octanol–water partition coefficient (Wildman–Crippen LogP) is 3.55. The lowest BCUT2D eigenvalue weighted by molar-refractivity contribution is 0.340. The van der Waals surface area contributed by atoms with Gasteiger partial charge in [-0.2, -0.15) is 0 Å². The van der Waals surface area contributed by atoms with Gasteiger partial charge in [0.25, 0.3) is 0 Å². The SMILES string of the molecule is CCOc1c[c]cc(-c2ccccc2)c1. The molecule has 0 aliphatic rings. The van der Waals surface area contributed by atoms with Gasteiger partial charge in [0, 0.05) is 0 Å². The predicted molar refractivity (Wildman–Crippen MR) is 61.9 cm³/mol. The fourth-order valence-electron chi connectivity index (χ4n) is 1.50. The van der Waals surface area contributed by atoms with Gasteiger partial charge in [-0.3, -0.25) is 0 Å². The highest BCUT2D eigenvalue weighted by Gasteiger charge is 1.98. The molecule has 0 N–H and O–H groups in total. The second-order valence-corrected chi connectivity index (χ2v) is 3.26. The van der Waals surface area contributed by atoms with Gasteiger partial charge < -0.3 is 4.74 Å². The average molecular weight is 197 g/mol. The Bertz CT molecular complexity index is 420. The highest BCUT2D eigenvalue weighted by atomic mass is 16.5. The molecule has 75 valence electrons. The minimum absolute atomic E-state index is 0.687. The monoisotopic (exact) mass is 197 g/mol. The minimum Gasteiger partial charge on any atom is -0.494 e. The maximum Gasteiger partial charge on any atom is 0.120 e. The van der Waals surface area contributed by atoms with Crippen LogP contribution in [0.3, 0.4) is 0 Å². The maximum atomic E-state index is 5.44. The Morgan fingerprint density at radius 3 is 2.60 bits per heavy atom. The van der Waals surface area contributed by atoms with E-state index in [1.54, 1.807) is 0 Å². The molecule has 1 nitrogen and oxygen atoms in total. The van der Waals surface area contributed by atoms with E-state index in [1.807, 2.05) is 43.3 Å². The van der Waals surface area contributed by atoms with Crippen molar-refractivity contribution in [2.45, 2.75) is 6.92 Å². The molecule has 0 aliphatic carbocycles. The quantitative estimate of drug-likeness (QED) is 0.731. The number of benzene rings is 2. The third kappa shape index (κ3) is 2.38. The molecule has 1 heteroatoms. The Morgan fingerprint density at radius 1 is 1.07 bits per heavy atom. The highest BCUT2D eigenvalue weighted by molar-refractivity contribution is 5.64. The molecule has 2 rings (SSSR count). The molecule has 0 saturated heterocycles. The first-order chi connectivity index (χ1) is 7.40. The van der Waals surface area contributed by atoms with Crippen LogP contribution < -0.4 is 4.74 Å². The van der Waals surface area contributed by atoms with Crippen molar-refractivity contribution < 1.29 is 4.74 Å². The summed E-state index contributed by atoms with van der Waals surface area (Å²) >= 11 is 0. The third-order valence-electron chi connectivity index (χ3n) is 2.18. The van der Waals surface area contributed by atoms with Gasteiger partial charge in [0.1, 0.15) is 5.75 Å². The smallest absolute Gasteiger partial charge is 0.120 e. The Kier molecular flexibility index (Phi) is 3.03. The molecule has 0 aromatic heterocycles. The van der Waals surface area contributed by atoms with Crippen LogP contribution in [0.4, 0.5) is 0 Å². The molecule has 0 spiro atoms. The second kappa shape index (κ2) is 4.65. The summed E-state index contributed by atoms with van der Waals surface area (Å²) in [6, 6.07) is 19.2. The summed E-state index contributed by atoms with van der Waals surface area (Å²) in [6.45, 7) is 2.67. The first kappa shape index (κ1) is 9.78. The molecule has 0 fully saturated rings. The van der Waals surface area contributed by atoms with E-state index in [1.165, 1.54) is 5.56 Å². The van der Waals surface area contributed by atoms with Crippen LogP contribution in [0.25, 0.3) is 11.1 Å². The largest absolute Gasteiger partial charge is 0.494 e. The molecule has 1 radical (unpaired) electrons. The topological polar surface area (TPSA) is 9.23 Å². The molecule has 2 aromatic rings. The van der Waals surface area contributed by atoms with Crippen LogP contribution in [0.2, 0.25) is 0 Å². The molecule has 0 atom stereocenters. The van der Waals surface area contributed by atoms with Crippen LogP contribution in [0.1, 0.15) is 6.92 Å². The Hall–Kier alpha value is -1.76. The lowest BCUT2D eigenvalue weighted by Crippen LogP contribution is -1.91. The van der Waals surface area contributed by atoms with Crippen molar-refractivity contribution in [3.63, 3.8) is 0 Å². The normalized spacial score (nSPS) is 9.93. The molecule has 0 unspecified atom stereocenters.